The van der Waals surface area contributed by atoms with Gasteiger partial charge in [0.2, 0.25) is 6.10 Å². The zero-order chi connectivity index (χ0) is 10.8. The lowest BCUT2D eigenvalue weighted by atomic mass is 10.1. The SMILES string of the molecule is O=C(CCl)C1Oc2ccccc2NC1=O. The average Bonchev–Trinajstić information content (AvgIpc) is 2.27. The van der Waals surface area contributed by atoms with Gasteiger partial charge in [0.05, 0.1) is 11.6 Å². The Labute approximate surface area is 91.2 Å². The van der Waals surface area contributed by atoms with Crippen molar-refractivity contribution in [3.8, 4) is 5.75 Å². The fraction of sp³-hybridized carbons (Fsp3) is 0.200. The third-order valence-corrected chi connectivity index (χ3v) is 2.32. The lowest BCUT2D eigenvalue weighted by Gasteiger charge is -2.24. The fourth-order valence-electron chi connectivity index (χ4n) is 1.33. The van der Waals surface area contributed by atoms with E-state index in [4.69, 9.17) is 16.3 Å². The number of amides is 1. The maximum Gasteiger partial charge on any atom is 0.273 e. The highest BCUT2D eigenvalue weighted by Gasteiger charge is 2.32. The lowest BCUT2D eigenvalue weighted by molar-refractivity contribution is -0.134. The van der Waals surface area contributed by atoms with Gasteiger partial charge in [-0.3, -0.25) is 9.59 Å². The molecule has 1 heterocycles. The molecule has 0 saturated heterocycles. The highest BCUT2D eigenvalue weighted by molar-refractivity contribution is 6.31. The van der Waals surface area contributed by atoms with Gasteiger partial charge < -0.3 is 10.1 Å². The number of carbonyl (C=O) groups is 2. The smallest absolute Gasteiger partial charge is 0.273 e. The highest BCUT2D eigenvalue weighted by Crippen LogP contribution is 2.28. The van der Waals surface area contributed by atoms with Crippen molar-refractivity contribution >= 4 is 29.0 Å². The van der Waals surface area contributed by atoms with Crippen LogP contribution in [0.5, 0.6) is 5.75 Å². The Hall–Kier alpha value is -1.55. The molecular weight excluding hydrogens is 218 g/mol. The number of anilines is 1. The number of carbonyl (C=O) groups excluding carboxylic acids is 2. The van der Waals surface area contributed by atoms with Crippen LogP contribution in [-0.2, 0) is 9.59 Å². The molecule has 0 spiro atoms. The second-order valence-corrected chi connectivity index (χ2v) is 3.35. The molecule has 0 fully saturated rings. The lowest BCUT2D eigenvalue weighted by Crippen LogP contribution is -2.43. The molecule has 1 amide bonds. The first-order valence-corrected chi connectivity index (χ1v) is 4.91. The van der Waals surface area contributed by atoms with E-state index in [1.54, 1.807) is 24.3 Å². The molecule has 1 N–H and O–H groups in total. The summed E-state index contributed by atoms with van der Waals surface area (Å²) in [4.78, 5) is 22.7. The Balaban J connectivity index is 2.29. The molecule has 0 bridgehead atoms. The van der Waals surface area contributed by atoms with Gasteiger partial charge in [-0.1, -0.05) is 12.1 Å². The number of halogens is 1. The van der Waals surface area contributed by atoms with E-state index in [0.29, 0.717) is 11.4 Å². The first-order chi connectivity index (χ1) is 7.22. The third kappa shape index (κ3) is 1.80. The number of nitrogens with one attached hydrogen (secondary N) is 1. The maximum atomic E-state index is 11.4. The van der Waals surface area contributed by atoms with E-state index in [9.17, 15) is 9.59 Å². The average molecular weight is 226 g/mol. The summed E-state index contributed by atoms with van der Waals surface area (Å²) in [5.41, 5.74) is 0.570. The molecule has 0 saturated carbocycles. The topological polar surface area (TPSA) is 55.4 Å². The van der Waals surface area contributed by atoms with E-state index in [1.165, 1.54) is 0 Å². The molecule has 1 atom stereocenters. The van der Waals surface area contributed by atoms with Crippen molar-refractivity contribution in [3.05, 3.63) is 24.3 Å². The molecule has 15 heavy (non-hydrogen) atoms. The van der Waals surface area contributed by atoms with Crippen LogP contribution in [0.25, 0.3) is 0 Å². The quantitative estimate of drug-likeness (QED) is 0.608. The van der Waals surface area contributed by atoms with Crippen LogP contribution in [-0.4, -0.2) is 23.7 Å². The summed E-state index contributed by atoms with van der Waals surface area (Å²) in [5.74, 6) is -0.663. The van der Waals surface area contributed by atoms with Crippen LogP contribution >= 0.6 is 11.6 Å². The van der Waals surface area contributed by atoms with Crippen LogP contribution < -0.4 is 10.1 Å². The van der Waals surface area contributed by atoms with Gasteiger partial charge in [0, 0.05) is 0 Å². The second kappa shape index (κ2) is 3.90. The van der Waals surface area contributed by atoms with Crippen LogP contribution in [0, 0.1) is 0 Å². The standard InChI is InChI=1S/C10H8ClNO3/c11-5-7(13)9-10(14)12-6-3-1-2-4-8(6)15-9/h1-4,9H,5H2,(H,12,14). The van der Waals surface area contributed by atoms with Crippen molar-refractivity contribution < 1.29 is 14.3 Å². The molecule has 4 nitrogen and oxygen atoms in total. The number of hydrogen-bond acceptors (Lipinski definition) is 3. The van der Waals surface area contributed by atoms with Gasteiger partial charge in [-0.25, -0.2) is 0 Å². The normalized spacial score (nSPS) is 18.7. The van der Waals surface area contributed by atoms with Gasteiger partial charge in [-0.2, -0.15) is 0 Å². The van der Waals surface area contributed by atoms with Crippen LogP contribution in [0.1, 0.15) is 0 Å². The van der Waals surface area contributed by atoms with Gasteiger partial charge in [0.25, 0.3) is 5.91 Å². The molecule has 5 heteroatoms. The number of ether oxygens (including phenoxy) is 1. The van der Waals surface area contributed by atoms with E-state index in [1.807, 2.05) is 0 Å². The van der Waals surface area contributed by atoms with Crippen molar-refractivity contribution in [2.45, 2.75) is 6.10 Å². The Morgan fingerprint density at radius 1 is 1.47 bits per heavy atom. The predicted molar refractivity (Wildman–Crippen MR) is 55.2 cm³/mol. The molecule has 0 aromatic heterocycles. The number of fused-ring (bicyclic) bond motifs is 1. The zero-order valence-corrected chi connectivity index (χ0v) is 8.45. The number of alkyl halides is 1. The monoisotopic (exact) mass is 225 g/mol. The van der Waals surface area contributed by atoms with Gasteiger partial charge >= 0.3 is 0 Å². The fourth-order valence-corrected chi connectivity index (χ4v) is 1.47. The molecule has 1 unspecified atom stereocenters. The molecule has 78 valence electrons. The van der Waals surface area contributed by atoms with E-state index in [0.717, 1.165) is 0 Å². The number of para-hydroxylation sites is 2. The van der Waals surface area contributed by atoms with Gasteiger partial charge in [-0.15, -0.1) is 11.6 Å². The largest absolute Gasteiger partial charge is 0.470 e. The van der Waals surface area contributed by atoms with Crippen LogP contribution in [0.15, 0.2) is 24.3 Å². The van der Waals surface area contributed by atoms with Crippen LogP contribution in [0.2, 0.25) is 0 Å². The number of ketones is 1. The Bertz CT molecular complexity index is 419. The summed E-state index contributed by atoms with van der Waals surface area (Å²) >= 11 is 5.37. The van der Waals surface area contributed by atoms with Crippen LogP contribution in [0.4, 0.5) is 5.69 Å². The summed E-state index contributed by atoms with van der Waals surface area (Å²) in [7, 11) is 0. The molecule has 2 rings (SSSR count). The first kappa shape index (κ1) is 9.98. The highest BCUT2D eigenvalue weighted by atomic mass is 35.5. The Morgan fingerprint density at radius 3 is 2.93 bits per heavy atom. The molecule has 0 aliphatic carbocycles. The van der Waals surface area contributed by atoms with Gasteiger partial charge in [0.1, 0.15) is 5.75 Å². The minimum absolute atomic E-state index is 0.236. The number of rotatable bonds is 2. The molecular formula is C10H8ClNO3. The molecule has 1 aliphatic rings. The first-order valence-electron chi connectivity index (χ1n) is 4.37. The van der Waals surface area contributed by atoms with E-state index < -0.39 is 17.8 Å². The third-order valence-electron chi connectivity index (χ3n) is 2.05. The number of benzene rings is 1. The van der Waals surface area contributed by atoms with Crippen molar-refractivity contribution in [3.63, 3.8) is 0 Å². The molecule has 0 radical (unpaired) electrons. The predicted octanol–water partition coefficient (Wildman–Crippen LogP) is 1.19. The minimum atomic E-state index is -1.13. The minimum Gasteiger partial charge on any atom is -0.470 e. The number of hydrogen-bond donors (Lipinski definition) is 1. The summed E-state index contributed by atoms with van der Waals surface area (Å²) in [6, 6.07) is 6.92. The second-order valence-electron chi connectivity index (χ2n) is 3.08. The van der Waals surface area contributed by atoms with Gasteiger partial charge in [-0.05, 0) is 12.1 Å². The summed E-state index contributed by atoms with van der Waals surface area (Å²) < 4.78 is 5.25. The zero-order valence-electron chi connectivity index (χ0n) is 7.70. The van der Waals surface area contributed by atoms with E-state index >= 15 is 0 Å². The van der Waals surface area contributed by atoms with Crippen molar-refractivity contribution in [1.29, 1.82) is 0 Å². The molecule has 1 aromatic carbocycles. The molecule has 1 aliphatic heterocycles. The van der Waals surface area contributed by atoms with Crippen molar-refractivity contribution in [2.75, 3.05) is 11.2 Å². The van der Waals surface area contributed by atoms with E-state index in [2.05, 4.69) is 5.32 Å². The van der Waals surface area contributed by atoms with Crippen molar-refractivity contribution in [2.24, 2.45) is 0 Å². The van der Waals surface area contributed by atoms with E-state index in [-0.39, 0.29) is 5.88 Å². The van der Waals surface area contributed by atoms with Crippen molar-refractivity contribution in [1.82, 2.24) is 0 Å². The molecule has 1 aromatic rings. The van der Waals surface area contributed by atoms with Crippen LogP contribution in [0.3, 0.4) is 0 Å². The maximum absolute atomic E-state index is 11.4. The van der Waals surface area contributed by atoms with Gasteiger partial charge in [0.15, 0.2) is 5.78 Å². The summed E-state index contributed by atoms with van der Waals surface area (Å²) in [6.07, 6.45) is -1.13. The Morgan fingerprint density at radius 2 is 2.20 bits per heavy atom. The number of Topliss-reactive ketones (excluding diaryl/α,β-unsaturated/α-hetero) is 1. The Kier molecular flexibility index (Phi) is 2.60. The summed E-state index contributed by atoms with van der Waals surface area (Å²) in [6.45, 7) is 0. The summed E-state index contributed by atoms with van der Waals surface area (Å²) in [5, 5.41) is 2.58.